The fraction of sp³-hybridized carbons (Fsp3) is 0.111. The molecule has 0 spiro atoms. The molecule has 0 saturated carbocycles. The average Bonchev–Trinajstić information content (AvgIpc) is 2.35. The summed E-state index contributed by atoms with van der Waals surface area (Å²) in [5, 5.41) is 9.48. The molecule has 0 amide bonds. The van der Waals surface area contributed by atoms with E-state index in [2.05, 4.69) is 21.0 Å². The van der Waals surface area contributed by atoms with Crippen LogP contribution in [0.15, 0.2) is 24.3 Å². The molecule has 1 heterocycles. The van der Waals surface area contributed by atoms with E-state index in [1.807, 2.05) is 24.3 Å². The minimum Gasteiger partial charge on any atom is -0.306 e. The topological polar surface area (TPSA) is 156 Å². The first-order valence-electron chi connectivity index (χ1n) is 4.98. The normalized spacial score (nSPS) is 10.5. The third-order valence-electron chi connectivity index (χ3n) is 1.96. The summed E-state index contributed by atoms with van der Waals surface area (Å²) in [4.78, 5) is 0. The monoisotopic (exact) mass is 286 g/mol. The predicted molar refractivity (Wildman–Crippen MR) is 72.6 cm³/mol. The zero-order valence-corrected chi connectivity index (χ0v) is 10.8. The molecule has 1 aromatic carbocycles. The van der Waals surface area contributed by atoms with Crippen molar-refractivity contribution in [1.82, 2.24) is 10.2 Å². The molecule has 0 saturated heterocycles. The molecule has 2 aromatic rings. The van der Waals surface area contributed by atoms with Crippen LogP contribution in [0.4, 0.5) is 11.6 Å². The van der Waals surface area contributed by atoms with Gasteiger partial charge in [0.15, 0.2) is 11.6 Å². The number of rotatable bonds is 2. The zero-order chi connectivity index (χ0) is 14.5. The smallest absolute Gasteiger partial charge is 0.261 e. The lowest BCUT2D eigenvalue weighted by Crippen LogP contribution is -2.13. The van der Waals surface area contributed by atoms with Gasteiger partial charge < -0.3 is 10.9 Å². The summed E-state index contributed by atoms with van der Waals surface area (Å²) in [6.07, 6.45) is 0.715. The number of hydrogen-bond acceptors (Lipinski definition) is 8. The highest BCUT2D eigenvalue weighted by Crippen LogP contribution is 2.24. The number of nitrogens with zero attached hydrogens (tertiary/aromatic N) is 2. The highest BCUT2D eigenvalue weighted by molar-refractivity contribution is 7.85. The maximum absolute atomic E-state index is 9.19. The van der Waals surface area contributed by atoms with Crippen molar-refractivity contribution in [1.29, 1.82) is 0 Å². The van der Waals surface area contributed by atoms with Crippen molar-refractivity contribution in [3.63, 3.8) is 0 Å². The summed E-state index contributed by atoms with van der Waals surface area (Å²) in [6.45, 7) is 0. The van der Waals surface area contributed by atoms with Crippen molar-refractivity contribution >= 4 is 32.5 Å². The van der Waals surface area contributed by atoms with Crippen LogP contribution in [0.5, 0.6) is 0 Å². The maximum Gasteiger partial charge on any atom is 0.261 e. The molecule has 0 fully saturated rings. The Balaban J connectivity index is 0.000000312. The number of nitrogens with one attached hydrogen (secondary N) is 2. The fourth-order valence-corrected chi connectivity index (χ4v) is 1.32. The Labute approximate surface area is 109 Å². The number of hydrogen-bond donors (Lipinski definition) is 5. The first kappa shape index (κ1) is 15.0. The molecule has 2 rings (SSSR count). The molecule has 104 valence electrons. The van der Waals surface area contributed by atoms with E-state index in [9.17, 15) is 8.42 Å². The Kier molecular flexibility index (Phi) is 4.94. The molecule has 9 nitrogen and oxygen atoms in total. The summed E-state index contributed by atoms with van der Waals surface area (Å²) in [6, 6.07) is 7.57. The van der Waals surface area contributed by atoms with E-state index in [0.717, 1.165) is 10.8 Å². The van der Waals surface area contributed by atoms with Crippen LogP contribution in [0, 0.1) is 0 Å². The molecule has 0 aliphatic carbocycles. The van der Waals surface area contributed by atoms with E-state index < -0.39 is 10.1 Å². The predicted octanol–water partition coefficient (Wildman–Crippen LogP) is -0.295. The van der Waals surface area contributed by atoms with Crippen LogP contribution in [0.25, 0.3) is 10.8 Å². The number of benzene rings is 1. The van der Waals surface area contributed by atoms with Crippen LogP contribution in [-0.2, 0) is 10.1 Å². The molecule has 0 aliphatic rings. The van der Waals surface area contributed by atoms with Crippen molar-refractivity contribution in [2.24, 2.45) is 11.7 Å². The second-order valence-corrected chi connectivity index (χ2v) is 4.93. The van der Waals surface area contributed by atoms with Crippen molar-refractivity contribution in [3.05, 3.63) is 24.3 Å². The maximum atomic E-state index is 9.19. The van der Waals surface area contributed by atoms with Crippen LogP contribution in [0.2, 0.25) is 0 Å². The molecule has 0 radical (unpaired) electrons. The van der Waals surface area contributed by atoms with Gasteiger partial charge in [-0.1, -0.05) is 24.3 Å². The lowest BCUT2D eigenvalue weighted by atomic mass is 10.2. The van der Waals surface area contributed by atoms with Crippen LogP contribution in [0.3, 0.4) is 0 Å². The van der Waals surface area contributed by atoms with Crippen LogP contribution >= 0.6 is 0 Å². The minimum atomic E-state index is -3.67. The SMILES string of the molecule is CS(=O)(=O)O.NNc1nnc(NN)c2ccccc12. The quantitative estimate of drug-likeness (QED) is 0.284. The first-order valence-corrected chi connectivity index (χ1v) is 6.82. The third-order valence-corrected chi connectivity index (χ3v) is 1.96. The number of aromatic nitrogens is 2. The Morgan fingerprint density at radius 1 is 1.05 bits per heavy atom. The molecular weight excluding hydrogens is 272 g/mol. The van der Waals surface area contributed by atoms with Gasteiger partial charge in [0.2, 0.25) is 0 Å². The van der Waals surface area contributed by atoms with Gasteiger partial charge in [0.05, 0.1) is 6.26 Å². The van der Waals surface area contributed by atoms with Gasteiger partial charge in [-0.2, -0.15) is 8.42 Å². The second-order valence-electron chi connectivity index (χ2n) is 3.46. The van der Waals surface area contributed by atoms with E-state index >= 15 is 0 Å². The molecular formula is C9H14N6O3S. The zero-order valence-electron chi connectivity index (χ0n) is 10.0. The van der Waals surface area contributed by atoms with Gasteiger partial charge in [0, 0.05) is 10.8 Å². The van der Waals surface area contributed by atoms with Crippen molar-refractivity contribution in [2.75, 3.05) is 17.1 Å². The molecule has 0 unspecified atom stereocenters. The molecule has 19 heavy (non-hydrogen) atoms. The number of fused-ring (bicyclic) bond motifs is 1. The summed E-state index contributed by atoms with van der Waals surface area (Å²) in [5.41, 5.74) is 4.96. The Bertz CT molecular complexity index is 610. The van der Waals surface area contributed by atoms with Crippen molar-refractivity contribution in [2.45, 2.75) is 0 Å². The number of nitrogens with two attached hydrogens (primary N) is 2. The van der Waals surface area contributed by atoms with Crippen molar-refractivity contribution in [3.8, 4) is 0 Å². The third kappa shape index (κ3) is 4.63. The molecule has 1 aromatic heterocycles. The van der Waals surface area contributed by atoms with Gasteiger partial charge in [-0.3, -0.25) is 4.55 Å². The standard InChI is InChI=1S/C8H10N6.CH4O3S/c9-11-7-5-3-1-2-4-6(5)8(12-10)14-13-7;1-5(2,3)4/h1-4H,9-10H2,(H,11,13)(H,12,14);1H3,(H,2,3,4). The van der Waals surface area contributed by atoms with Crippen LogP contribution in [-0.4, -0.2) is 29.4 Å². The highest BCUT2D eigenvalue weighted by Gasteiger charge is 2.05. The van der Waals surface area contributed by atoms with E-state index in [4.69, 9.17) is 16.2 Å². The summed E-state index contributed by atoms with van der Waals surface area (Å²) >= 11 is 0. The van der Waals surface area contributed by atoms with E-state index in [1.54, 1.807) is 0 Å². The van der Waals surface area contributed by atoms with Gasteiger partial charge in [-0.05, 0) is 0 Å². The Morgan fingerprint density at radius 3 is 1.63 bits per heavy atom. The van der Waals surface area contributed by atoms with Gasteiger partial charge in [0.25, 0.3) is 10.1 Å². The lowest BCUT2D eigenvalue weighted by molar-refractivity contribution is 0.490. The summed E-state index contributed by atoms with van der Waals surface area (Å²) < 4.78 is 25.9. The minimum absolute atomic E-state index is 0.527. The Hall–Kier alpha value is -2.01. The van der Waals surface area contributed by atoms with Crippen molar-refractivity contribution < 1.29 is 13.0 Å². The Morgan fingerprint density at radius 2 is 1.37 bits per heavy atom. The molecule has 0 aliphatic heterocycles. The highest BCUT2D eigenvalue weighted by atomic mass is 32.2. The van der Waals surface area contributed by atoms with Gasteiger partial charge in [-0.25, -0.2) is 11.7 Å². The lowest BCUT2D eigenvalue weighted by Gasteiger charge is -2.06. The van der Waals surface area contributed by atoms with E-state index in [0.29, 0.717) is 17.9 Å². The van der Waals surface area contributed by atoms with Gasteiger partial charge in [0.1, 0.15) is 0 Å². The molecule has 0 bridgehead atoms. The second kappa shape index (κ2) is 6.24. The molecule has 0 atom stereocenters. The summed E-state index contributed by atoms with van der Waals surface area (Å²) in [7, 11) is -3.67. The summed E-state index contributed by atoms with van der Waals surface area (Å²) in [5.74, 6) is 11.7. The van der Waals surface area contributed by atoms with Gasteiger partial charge in [-0.15, -0.1) is 10.2 Å². The van der Waals surface area contributed by atoms with Crippen LogP contribution in [0.1, 0.15) is 0 Å². The van der Waals surface area contributed by atoms with E-state index in [-0.39, 0.29) is 0 Å². The molecule has 7 N–H and O–H groups in total. The number of nitrogen functional groups attached to an aromatic ring is 2. The number of anilines is 2. The number of hydrazine groups is 2. The van der Waals surface area contributed by atoms with E-state index in [1.165, 1.54) is 0 Å². The van der Waals surface area contributed by atoms with Crippen LogP contribution < -0.4 is 22.5 Å². The average molecular weight is 286 g/mol. The fourth-order valence-electron chi connectivity index (χ4n) is 1.32. The largest absolute Gasteiger partial charge is 0.306 e. The molecule has 10 heteroatoms. The first-order chi connectivity index (χ1) is 8.86. The van der Waals surface area contributed by atoms with Gasteiger partial charge >= 0.3 is 0 Å².